The lowest BCUT2D eigenvalue weighted by Gasteiger charge is -2.32. The lowest BCUT2D eigenvalue weighted by molar-refractivity contribution is 0.571. The molecule has 0 bridgehead atoms. The molecule has 1 aromatic rings. The van der Waals surface area contributed by atoms with Gasteiger partial charge in [-0.25, -0.2) is 0 Å². The summed E-state index contributed by atoms with van der Waals surface area (Å²) in [5, 5.41) is 1.23. The van der Waals surface area contributed by atoms with Gasteiger partial charge in [-0.3, -0.25) is 0 Å². The number of nitrogens with two attached hydrogens (primary N) is 1. The van der Waals surface area contributed by atoms with Crippen molar-refractivity contribution >= 4 is 34.6 Å². The Morgan fingerprint density at radius 3 is 1.94 bits per heavy atom. The van der Waals surface area contributed by atoms with Crippen molar-refractivity contribution in [1.82, 2.24) is 0 Å². The summed E-state index contributed by atoms with van der Waals surface area (Å²) in [4.78, 5) is 2.22. The maximum atomic E-state index is 6.25. The van der Waals surface area contributed by atoms with E-state index in [4.69, 9.17) is 28.9 Å². The molecule has 96 valence electrons. The van der Waals surface area contributed by atoms with Gasteiger partial charge in [-0.05, 0) is 31.9 Å². The second kappa shape index (κ2) is 5.83. The van der Waals surface area contributed by atoms with Gasteiger partial charge in [-0.15, -0.1) is 0 Å². The lowest BCUT2D eigenvalue weighted by atomic mass is 10.1. The highest BCUT2D eigenvalue weighted by atomic mass is 35.5. The van der Waals surface area contributed by atoms with E-state index < -0.39 is 0 Å². The van der Waals surface area contributed by atoms with Gasteiger partial charge in [-0.2, -0.15) is 0 Å². The van der Waals surface area contributed by atoms with Gasteiger partial charge >= 0.3 is 0 Å². The summed E-state index contributed by atoms with van der Waals surface area (Å²) in [5.41, 5.74) is 7.19. The number of anilines is 2. The number of rotatable bonds is 4. The van der Waals surface area contributed by atoms with E-state index in [9.17, 15) is 0 Å². The van der Waals surface area contributed by atoms with Gasteiger partial charge in [-0.1, -0.05) is 37.0 Å². The molecule has 0 amide bonds. The van der Waals surface area contributed by atoms with Gasteiger partial charge in [0, 0.05) is 18.3 Å². The molecule has 1 aromatic carbocycles. The zero-order valence-electron chi connectivity index (χ0n) is 10.8. The Morgan fingerprint density at radius 2 is 1.59 bits per heavy atom. The van der Waals surface area contributed by atoms with Gasteiger partial charge < -0.3 is 10.6 Å². The molecule has 0 aliphatic rings. The second-order valence-corrected chi connectivity index (χ2v) is 5.79. The molecule has 0 radical (unpaired) electrons. The van der Waals surface area contributed by atoms with E-state index in [0.29, 0.717) is 27.7 Å². The molecule has 0 aromatic heterocycles. The molecule has 0 fully saturated rings. The van der Waals surface area contributed by atoms with Crippen LogP contribution in [0.3, 0.4) is 0 Å². The number of nitrogens with zero attached hydrogens (tertiary/aromatic N) is 1. The summed E-state index contributed by atoms with van der Waals surface area (Å²) >= 11 is 12.5. The Balaban J connectivity index is 3.18. The number of halogens is 2. The summed E-state index contributed by atoms with van der Waals surface area (Å²) in [6, 6.07) is 3.84. The van der Waals surface area contributed by atoms with E-state index in [2.05, 4.69) is 32.6 Å². The standard InChI is InChI=1S/C13H20Cl2N2/c1-8(2)7-17(9(3)4)13-11(14)5-10(16)6-12(13)15/h5-6,8-9H,7,16H2,1-4H3. The molecule has 0 aliphatic carbocycles. The minimum absolute atomic E-state index is 0.344. The van der Waals surface area contributed by atoms with Crippen LogP contribution in [-0.2, 0) is 0 Å². The fourth-order valence-electron chi connectivity index (χ4n) is 1.81. The topological polar surface area (TPSA) is 29.3 Å². The third kappa shape index (κ3) is 3.68. The molecule has 0 unspecified atom stereocenters. The maximum absolute atomic E-state index is 6.25. The van der Waals surface area contributed by atoms with Crippen molar-refractivity contribution in [2.45, 2.75) is 33.7 Å². The maximum Gasteiger partial charge on any atom is 0.0748 e. The van der Waals surface area contributed by atoms with E-state index >= 15 is 0 Å². The molecule has 2 N–H and O–H groups in total. The van der Waals surface area contributed by atoms with Crippen LogP contribution >= 0.6 is 23.2 Å². The minimum atomic E-state index is 0.344. The van der Waals surface area contributed by atoms with Crippen molar-refractivity contribution in [2.75, 3.05) is 17.2 Å². The molecule has 0 atom stereocenters. The van der Waals surface area contributed by atoms with Crippen molar-refractivity contribution in [2.24, 2.45) is 5.92 Å². The Kier molecular flexibility index (Phi) is 4.96. The van der Waals surface area contributed by atoms with E-state index in [-0.39, 0.29) is 0 Å². The third-order valence-corrected chi connectivity index (χ3v) is 3.09. The highest BCUT2D eigenvalue weighted by Crippen LogP contribution is 2.37. The van der Waals surface area contributed by atoms with Crippen molar-refractivity contribution in [3.63, 3.8) is 0 Å². The third-order valence-electron chi connectivity index (χ3n) is 2.51. The molecule has 0 saturated carbocycles. The van der Waals surface area contributed by atoms with E-state index in [0.717, 1.165) is 12.2 Å². The average molecular weight is 275 g/mol. The molecule has 4 heteroatoms. The van der Waals surface area contributed by atoms with Gasteiger partial charge in [0.2, 0.25) is 0 Å². The highest BCUT2D eigenvalue weighted by molar-refractivity contribution is 6.39. The SMILES string of the molecule is CC(C)CN(c1c(Cl)cc(N)cc1Cl)C(C)C. The monoisotopic (exact) mass is 274 g/mol. The average Bonchev–Trinajstić information content (AvgIpc) is 2.13. The fraction of sp³-hybridized carbons (Fsp3) is 0.538. The Bertz CT molecular complexity index is 366. The van der Waals surface area contributed by atoms with Crippen LogP contribution in [0.25, 0.3) is 0 Å². The van der Waals surface area contributed by atoms with Crippen LogP contribution in [0, 0.1) is 5.92 Å². The Morgan fingerprint density at radius 1 is 1.12 bits per heavy atom. The quantitative estimate of drug-likeness (QED) is 0.823. The first kappa shape index (κ1) is 14.5. The predicted molar refractivity (Wildman–Crippen MR) is 78.2 cm³/mol. The molecule has 2 nitrogen and oxygen atoms in total. The summed E-state index contributed by atoms with van der Waals surface area (Å²) in [5.74, 6) is 0.544. The van der Waals surface area contributed by atoms with Crippen LogP contribution in [-0.4, -0.2) is 12.6 Å². The number of hydrogen-bond acceptors (Lipinski definition) is 2. The van der Waals surface area contributed by atoms with Gasteiger partial charge in [0.15, 0.2) is 0 Å². The van der Waals surface area contributed by atoms with Crippen molar-refractivity contribution in [1.29, 1.82) is 0 Å². The largest absolute Gasteiger partial charge is 0.399 e. The number of benzene rings is 1. The van der Waals surface area contributed by atoms with Crippen molar-refractivity contribution in [3.05, 3.63) is 22.2 Å². The van der Waals surface area contributed by atoms with E-state index in [1.54, 1.807) is 12.1 Å². The number of nitrogen functional groups attached to an aromatic ring is 1. The van der Waals surface area contributed by atoms with Gasteiger partial charge in [0.25, 0.3) is 0 Å². The van der Waals surface area contributed by atoms with E-state index in [1.807, 2.05) is 0 Å². The van der Waals surface area contributed by atoms with Crippen LogP contribution in [0.2, 0.25) is 10.0 Å². The normalized spacial score (nSPS) is 11.3. The van der Waals surface area contributed by atoms with Crippen LogP contribution in [0.1, 0.15) is 27.7 Å². The van der Waals surface area contributed by atoms with Crippen LogP contribution in [0.15, 0.2) is 12.1 Å². The Labute approximate surface area is 114 Å². The molecule has 1 rings (SSSR count). The zero-order chi connectivity index (χ0) is 13.2. The molecule has 0 saturated heterocycles. The van der Waals surface area contributed by atoms with Crippen molar-refractivity contribution in [3.8, 4) is 0 Å². The fourth-order valence-corrected chi connectivity index (χ4v) is 2.53. The summed E-state index contributed by atoms with van der Waals surface area (Å²) in [6.45, 7) is 9.53. The van der Waals surface area contributed by atoms with Crippen molar-refractivity contribution < 1.29 is 0 Å². The molecule has 0 heterocycles. The van der Waals surface area contributed by atoms with Crippen LogP contribution in [0.4, 0.5) is 11.4 Å². The molecular formula is C13H20Cl2N2. The van der Waals surface area contributed by atoms with Gasteiger partial charge in [0.05, 0.1) is 15.7 Å². The summed E-state index contributed by atoms with van der Waals surface area (Å²) < 4.78 is 0. The predicted octanol–water partition coefficient (Wildman–Crippen LogP) is 4.45. The molecule has 17 heavy (non-hydrogen) atoms. The minimum Gasteiger partial charge on any atom is -0.399 e. The first-order chi connectivity index (χ1) is 7.82. The summed E-state index contributed by atoms with van der Waals surface area (Å²) in [6.07, 6.45) is 0. The smallest absolute Gasteiger partial charge is 0.0748 e. The first-order valence-electron chi connectivity index (χ1n) is 5.84. The highest BCUT2D eigenvalue weighted by Gasteiger charge is 2.18. The van der Waals surface area contributed by atoms with Gasteiger partial charge in [0.1, 0.15) is 0 Å². The zero-order valence-corrected chi connectivity index (χ0v) is 12.3. The lowest BCUT2D eigenvalue weighted by Crippen LogP contribution is -2.34. The number of hydrogen-bond donors (Lipinski definition) is 1. The van der Waals surface area contributed by atoms with Crippen LogP contribution < -0.4 is 10.6 Å². The van der Waals surface area contributed by atoms with Crippen LogP contribution in [0.5, 0.6) is 0 Å². The summed E-state index contributed by atoms with van der Waals surface area (Å²) in [7, 11) is 0. The van der Waals surface area contributed by atoms with E-state index in [1.165, 1.54) is 0 Å². The Hall–Kier alpha value is -0.600. The first-order valence-corrected chi connectivity index (χ1v) is 6.59. The molecule has 0 spiro atoms. The molecule has 0 aliphatic heterocycles. The molecular weight excluding hydrogens is 255 g/mol. The second-order valence-electron chi connectivity index (χ2n) is 4.97.